The molecule has 0 aromatic heterocycles. The molecular weight excluding hydrogens is 236 g/mol. The van der Waals surface area contributed by atoms with Crippen LogP contribution in [0, 0.1) is 0 Å². The average Bonchev–Trinajstić information content (AvgIpc) is 2.60. The number of carbonyl (C=O) groups is 2. The van der Waals surface area contributed by atoms with E-state index in [1.165, 1.54) is 4.90 Å². The summed E-state index contributed by atoms with van der Waals surface area (Å²) < 4.78 is 5.21. The predicted molar refractivity (Wildman–Crippen MR) is 66.6 cm³/mol. The first-order valence-electron chi connectivity index (χ1n) is 6.16. The van der Waals surface area contributed by atoms with Crippen LogP contribution in [0.3, 0.4) is 0 Å². The first-order valence-corrected chi connectivity index (χ1v) is 6.16. The van der Waals surface area contributed by atoms with E-state index >= 15 is 0 Å². The Labute approximate surface area is 107 Å². The number of nitrogens with one attached hydrogen (secondary N) is 1. The first-order chi connectivity index (χ1) is 8.17. The number of alkyl carbamates (subject to hydrolysis) is 1. The van der Waals surface area contributed by atoms with E-state index < -0.39 is 23.3 Å². The van der Waals surface area contributed by atoms with Crippen LogP contribution in [0.15, 0.2) is 0 Å². The number of carbonyl (C=O) groups excluding carboxylic acids is 1. The van der Waals surface area contributed by atoms with Gasteiger partial charge >= 0.3 is 12.2 Å². The summed E-state index contributed by atoms with van der Waals surface area (Å²) in [6.07, 6.45) is -0.140. The lowest BCUT2D eigenvalue weighted by Gasteiger charge is -2.30. The van der Waals surface area contributed by atoms with E-state index in [0.29, 0.717) is 25.9 Å². The molecule has 2 amide bonds. The molecule has 0 aliphatic carbocycles. The van der Waals surface area contributed by atoms with E-state index in [1.807, 2.05) is 6.92 Å². The molecule has 0 spiro atoms. The van der Waals surface area contributed by atoms with Gasteiger partial charge in [-0.05, 0) is 33.6 Å². The van der Waals surface area contributed by atoms with Crippen molar-refractivity contribution in [2.24, 2.45) is 0 Å². The van der Waals surface area contributed by atoms with Gasteiger partial charge in [-0.3, -0.25) is 0 Å². The highest BCUT2D eigenvalue weighted by Crippen LogP contribution is 2.25. The van der Waals surface area contributed by atoms with Gasteiger partial charge in [-0.2, -0.15) is 0 Å². The lowest BCUT2D eigenvalue weighted by Crippen LogP contribution is -2.51. The molecule has 1 rings (SSSR count). The van der Waals surface area contributed by atoms with Crippen molar-refractivity contribution in [3.8, 4) is 0 Å². The molecule has 104 valence electrons. The number of carboxylic acid groups (broad SMARTS) is 1. The molecule has 2 N–H and O–H groups in total. The van der Waals surface area contributed by atoms with Crippen LogP contribution in [-0.2, 0) is 4.74 Å². The van der Waals surface area contributed by atoms with E-state index in [9.17, 15) is 9.59 Å². The largest absolute Gasteiger partial charge is 0.465 e. The molecule has 6 heteroatoms. The van der Waals surface area contributed by atoms with Crippen LogP contribution in [-0.4, -0.2) is 46.4 Å². The van der Waals surface area contributed by atoms with Crippen molar-refractivity contribution in [1.29, 1.82) is 0 Å². The molecule has 18 heavy (non-hydrogen) atoms. The molecular formula is C12H22N2O4. The van der Waals surface area contributed by atoms with E-state index in [-0.39, 0.29) is 0 Å². The van der Waals surface area contributed by atoms with Crippen LogP contribution in [0.4, 0.5) is 9.59 Å². The van der Waals surface area contributed by atoms with E-state index in [2.05, 4.69) is 5.32 Å². The lowest BCUT2D eigenvalue weighted by atomic mass is 9.95. The Morgan fingerprint density at radius 1 is 1.44 bits per heavy atom. The second-order valence-corrected chi connectivity index (χ2v) is 5.71. The SMILES string of the molecule is CCC1(NC(=O)OC(C)(C)C)CCN(C(=O)O)C1. The molecule has 0 saturated carbocycles. The Hall–Kier alpha value is -1.46. The third-order valence-corrected chi connectivity index (χ3v) is 3.07. The normalized spacial score (nSPS) is 23.9. The van der Waals surface area contributed by atoms with Gasteiger partial charge in [-0.25, -0.2) is 9.59 Å². The van der Waals surface area contributed by atoms with Gasteiger partial charge in [-0.1, -0.05) is 6.92 Å². The van der Waals surface area contributed by atoms with Crippen LogP contribution in [0.5, 0.6) is 0 Å². The molecule has 1 atom stereocenters. The van der Waals surface area contributed by atoms with Crippen LogP contribution in [0.25, 0.3) is 0 Å². The average molecular weight is 258 g/mol. The van der Waals surface area contributed by atoms with Gasteiger partial charge in [0.05, 0.1) is 5.54 Å². The van der Waals surface area contributed by atoms with Gasteiger partial charge in [0, 0.05) is 13.1 Å². The topological polar surface area (TPSA) is 78.9 Å². The van der Waals surface area contributed by atoms with Crippen LogP contribution >= 0.6 is 0 Å². The lowest BCUT2D eigenvalue weighted by molar-refractivity contribution is 0.0453. The maximum atomic E-state index is 11.8. The Bertz CT molecular complexity index is 337. The number of nitrogens with zero attached hydrogens (tertiary/aromatic N) is 1. The van der Waals surface area contributed by atoms with Crippen molar-refractivity contribution in [2.75, 3.05) is 13.1 Å². The zero-order chi connectivity index (χ0) is 14.0. The third kappa shape index (κ3) is 3.78. The molecule has 0 radical (unpaired) electrons. The van der Waals surface area contributed by atoms with Gasteiger partial charge in [0.2, 0.25) is 0 Å². The number of hydrogen-bond donors (Lipinski definition) is 2. The van der Waals surface area contributed by atoms with Gasteiger partial charge in [0.25, 0.3) is 0 Å². The Balaban J connectivity index is 2.63. The molecule has 1 aliphatic rings. The Kier molecular flexibility index (Phi) is 4.09. The zero-order valence-electron chi connectivity index (χ0n) is 11.4. The van der Waals surface area contributed by atoms with Crippen molar-refractivity contribution in [2.45, 2.75) is 51.7 Å². The first kappa shape index (κ1) is 14.6. The number of amides is 2. The highest BCUT2D eigenvalue weighted by molar-refractivity contribution is 5.70. The second-order valence-electron chi connectivity index (χ2n) is 5.71. The number of ether oxygens (including phenoxy) is 1. The minimum absolute atomic E-state index is 0.318. The van der Waals surface area contributed by atoms with Gasteiger partial charge in [0.15, 0.2) is 0 Å². The third-order valence-electron chi connectivity index (χ3n) is 3.07. The van der Waals surface area contributed by atoms with Crippen molar-refractivity contribution in [1.82, 2.24) is 10.2 Å². The summed E-state index contributed by atoms with van der Waals surface area (Å²) in [5.41, 5.74) is -1.05. The summed E-state index contributed by atoms with van der Waals surface area (Å²) in [6, 6.07) is 0. The van der Waals surface area contributed by atoms with Gasteiger partial charge in [0.1, 0.15) is 5.60 Å². The number of hydrogen-bond acceptors (Lipinski definition) is 3. The van der Waals surface area contributed by atoms with Gasteiger partial charge < -0.3 is 20.1 Å². The maximum Gasteiger partial charge on any atom is 0.408 e. The Morgan fingerprint density at radius 3 is 2.44 bits per heavy atom. The smallest absolute Gasteiger partial charge is 0.408 e. The van der Waals surface area contributed by atoms with Crippen molar-refractivity contribution >= 4 is 12.2 Å². The molecule has 0 aromatic carbocycles. The molecule has 0 bridgehead atoms. The molecule has 6 nitrogen and oxygen atoms in total. The van der Waals surface area contributed by atoms with Crippen LogP contribution in [0.2, 0.25) is 0 Å². The molecule has 0 aromatic rings. The minimum Gasteiger partial charge on any atom is -0.465 e. The van der Waals surface area contributed by atoms with E-state index in [4.69, 9.17) is 9.84 Å². The van der Waals surface area contributed by atoms with Gasteiger partial charge in [-0.15, -0.1) is 0 Å². The highest BCUT2D eigenvalue weighted by atomic mass is 16.6. The summed E-state index contributed by atoms with van der Waals surface area (Å²) in [6.45, 7) is 8.08. The van der Waals surface area contributed by atoms with Crippen LogP contribution < -0.4 is 5.32 Å². The highest BCUT2D eigenvalue weighted by Gasteiger charge is 2.40. The predicted octanol–water partition coefficient (Wildman–Crippen LogP) is 2.04. The standard InChI is InChI=1S/C12H22N2O4/c1-5-12(6-7-14(8-12)10(16)17)13-9(15)18-11(2,3)4/h5-8H2,1-4H3,(H,13,15)(H,16,17). The van der Waals surface area contributed by atoms with E-state index in [1.54, 1.807) is 20.8 Å². The molecule has 1 heterocycles. The zero-order valence-corrected chi connectivity index (χ0v) is 11.4. The quantitative estimate of drug-likeness (QED) is 0.794. The molecule has 1 aliphatic heterocycles. The molecule has 1 saturated heterocycles. The van der Waals surface area contributed by atoms with Crippen molar-refractivity contribution < 1.29 is 19.4 Å². The van der Waals surface area contributed by atoms with Crippen LogP contribution in [0.1, 0.15) is 40.5 Å². The number of rotatable bonds is 2. The van der Waals surface area contributed by atoms with Crippen molar-refractivity contribution in [3.05, 3.63) is 0 Å². The van der Waals surface area contributed by atoms with E-state index in [0.717, 1.165) is 0 Å². The summed E-state index contributed by atoms with van der Waals surface area (Å²) in [5.74, 6) is 0. The monoisotopic (exact) mass is 258 g/mol. The minimum atomic E-state index is -0.948. The maximum absolute atomic E-state index is 11.8. The Morgan fingerprint density at radius 2 is 2.06 bits per heavy atom. The van der Waals surface area contributed by atoms with Crippen molar-refractivity contribution in [3.63, 3.8) is 0 Å². The summed E-state index contributed by atoms with van der Waals surface area (Å²) >= 11 is 0. The summed E-state index contributed by atoms with van der Waals surface area (Å²) in [5, 5.41) is 11.8. The fraction of sp³-hybridized carbons (Fsp3) is 0.833. The number of likely N-dealkylation sites (tertiary alicyclic amines) is 1. The second kappa shape index (κ2) is 5.04. The molecule has 1 unspecified atom stereocenters. The summed E-state index contributed by atoms with van der Waals surface area (Å²) in [7, 11) is 0. The fourth-order valence-electron chi connectivity index (χ4n) is 2.03. The fourth-order valence-corrected chi connectivity index (χ4v) is 2.03. The molecule has 1 fully saturated rings. The summed E-state index contributed by atoms with van der Waals surface area (Å²) in [4.78, 5) is 24.0.